The monoisotopic (exact) mass is 389 g/mol. The zero-order valence-electron chi connectivity index (χ0n) is 16.1. The summed E-state index contributed by atoms with van der Waals surface area (Å²) < 4.78 is 5.86. The minimum absolute atomic E-state index is 0.00522. The molecule has 0 unspecified atom stereocenters. The van der Waals surface area contributed by atoms with Crippen LogP contribution in [0.2, 0.25) is 0 Å². The van der Waals surface area contributed by atoms with Crippen LogP contribution in [0.25, 0.3) is 0 Å². The molecule has 0 bridgehead atoms. The number of hydrogen-bond acceptors (Lipinski definition) is 5. The molecule has 7 heteroatoms. The summed E-state index contributed by atoms with van der Waals surface area (Å²) >= 11 is 1.56. The molecule has 1 saturated heterocycles. The van der Waals surface area contributed by atoms with Crippen LogP contribution in [0.4, 0.5) is 9.93 Å². The van der Waals surface area contributed by atoms with Crippen molar-refractivity contribution in [3.05, 3.63) is 23.2 Å². The Balaban J connectivity index is 1.60. The molecule has 2 amide bonds. The van der Waals surface area contributed by atoms with E-state index in [0.29, 0.717) is 17.6 Å². The van der Waals surface area contributed by atoms with Crippen LogP contribution in [0.15, 0.2) is 12.7 Å². The maximum Gasteiger partial charge on any atom is 0.321 e. The molecule has 0 spiro atoms. The molecule has 2 fully saturated rings. The summed E-state index contributed by atoms with van der Waals surface area (Å²) in [4.78, 5) is 30.1. The topological polar surface area (TPSA) is 80.3 Å². The average Bonchev–Trinajstić information content (AvgIpc) is 3.13. The lowest BCUT2D eigenvalue weighted by atomic mass is 9.54. The highest BCUT2D eigenvalue weighted by atomic mass is 32.1. The second-order valence-corrected chi connectivity index (χ2v) is 9.57. The quantitative estimate of drug-likeness (QED) is 0.610. The van der Waals surface area contributed by atoms with Crippen molar-refractivity contribution in [3.63, 3.8) is 0 Å². The van der Waals surface area contributed by atoms with Gasteiger partial charge in [-0.15, -0.1) is 17.9 Å². The molecule has 1 aromatic rings. The molecular weight excluding hydrogens is 362 g/mol. The number of rotatable bonds is 3. The number of nitrogens with zero attached hydrogens (tertiary/aromatic N) is 1. The van der Waals surface area contributed by atoms with Crippen molar-refractivity contribution >= 4 is 28.5 Å². The number of anilines is 1. The first-order valence-corrected chi connectivity index (χ1v) is 10.5. The fourth-order valence-electron chi connectivity index (χ4n) is 5.44. The van der Waals surface area contributed by atoms with Crippen molar-refractivity contribution in [2.24, 2.45) is 23.2 Å². The molecule has 1 aliphatic heterocycles. The molecule has 4 rings (SSSR count). The van der Waals surface area contributed by atoms with Crippen LogP contribution in [0.3, 0.4) is 0 Å². The van der Waals surface area contributed by atoms with Crippen molar-refractivity contribution in [2.45, 2.75) is 52.1 Å². The smallest absolute Gasteiger partial charge is 0.321 e. The Morgan fingerprint density at radius 2 is 2.22 bits per heavy atom. The molecule has 3 aliphatic rings. The predicted molar refractivity (Wildman–Crippen MR) is 105 cm³/mol. The molecule has 6 atom stereocenters. The lowest BCUT2D eigenvalue weighted by Crippen LogP contribution is -2.50. The summed E-state index contributed by atoms with van der Waals surface area (Å²) in [5, 5.41) is 6.17. The summed E-state index contributed by atoms with van der Waals surface area (Å²) in [5.41, 5.74) is 1.16. The fourth-order valence-corrected chi connectivity index (χ4v) is 6.70. The third kappa shape index (κ3) is 2.96. The van der Waals surface area contributed by atoms with Crippen LogP contribution < -0.4 is 10.6 Å². The largest absolute Gasteiger partial charge is 0.461 e. The number of ether oxygens (including phenoxy) is 1. The highest BCUT2D eigenvalue weighted by molar-refractivity contribution is 7.15. The summed E-state index contributed by atoms with van der Waals surface area (Å²) in [6.45, 7) is 10.5. The van der Waals surface area contributed by atoms with Crippen molar-refractivity contribution in [2.75, 3.05) is 11.9 Å². The number of fused-ring (bicyclic) bond motifs is 4. The summed E-state index contributed by atoms with van der Waals surface area (Å²) in [6, 6.07) is -0.268. The molecular formula is C20H27N3O3S. The number of amides is 2. The van der Waals surface area contributed by atoms with E-state index in [2.05, 4.69) is 31.1 Å². The Bertz CT molecular complexity index is 791. The number of thiazole rings is 1. The molecule has 1 aromatic heterocycles. The Labute approximate surface area is 163 Å². The molecule has 0 radical (unpaired) electrons. The Hall–Kier alpha value is -1.89. The second-order valence-electron chi connectivity index (χ2n) is 8.49. The highest BCUT2D eigenvalue weighted by Gasteiger charge is 2.58. The first-order valence-electron chi connectivity index (χ1n) is 9.70. The van der Waals surface area contributed by atoms with E-state index < -0.39 is 0 Å². The Morgan fingerprint density at radius 1 is 1.44 bits per heavy atom. The number of urea groups is 1. The highest BCUT2D eigenvalue weighted by Crippen LogP contribution is 2.59. The third-order valence-electron chi connectivity index (χ3n) is 6.79. The Kier molecular flexibility index (Phi) is 4.53. The van der Waals surface area contributed by atoms with Gasteiger partial charge in [-0.05, 0) is 24.7 Å². The SMILES string of the molecule is C=CCNC(=O)Nc1nc2c(s1)C[C@]1(C)CC[C@@H]3[C@H](OC(=O)[C@H]3C)[C@H]1[C@@H]2C. The number of nitrogens with one attached hydrogen (secondary N) is 2. The molecule has 0 aromatic carbocycles. The summed E-state index contributed by atoms with van der Waals surface area (Å²) in [5.74, 6) is 0.747. The summed E-state index contributed by atoms with van der Waals surface area (Å²) in [7, 11) is 0. The van der Waals surface area contributed by atoms with Crippen molar-refractivity contribution in [3.8, 4) is 0 Å². The molecule has 2 heterocycles. The minimum atomic E-state index is -0.268. The van der Waals surface area contributed by atoms with Gasteiger partial charge < -0.3 is 10.1 Å². The molecule has 146 valence electrons. The number of carbonyl (C=O) groups excluding carboxylic acids is 2. The second kappa shape index (κ2) is 6.62. The van der Waals surface area contributed by atoms with E-state index in [1.807, 2.05) is 6.92 Å². The van der Waals surface area contributed by atoms with Gasteiger partial charge >= 0.3 is 12.0 Å². The van der Waals surface area contributed by atoms with Crippen LogP contribution in [0.1, 0.15) is 50.1 Å². The van der Waals surface area contributed by atoms with E-state index in [9.17, 15) is 9.59 Å². The molecule has 2 aliphatic carbocycles. The van der Waals surface area contributed by atoms with Gasteiger partial charge in [-0.2, -0.15) is 0 Å². The normalized spacial score (nSPS) is 36.9. The fraction of sp³-hybridized carbons (Fsp3) is 0.650. The molecule has 1 saturated carbocycles. The number of aromatic nitrogens is 1. The van der Waals surface area contributed by atoms with Crippen LogP contribution in [0, 0.1) is 23.2 Å². The lowest BCUT2D eigenvalue weighted by molar-refractivity contribution is -0.149. The van der Waals surface area contributed by atoms with Gasteiger partial charge in [0.05, 0.1) is 11.6 Å². The lowest BCUT2D eigenvalue weighted by Gasteiger charge is -2.51. The van der Waals surface area contributed by atoms with Gasteiger partial charge in [0.2, 0.25) is 0 Å². The van der Waals surface area contributed by atoms with Gasteiger partial charge in [0, 0.05) is 29.2 Å². The van der Waals surface area contributed by atoms with E-state index in [1.54, 1.807) is 17.4 Å². The standard InChI is InChI=1S/C20H27N3O3S/c1-5-8-21-18(25)23-19-22-15-11(3)14-16-12(10(2)17(24)26-16)6-7-20(14,4)9-13(15)27-19/h5,10-12,14,16H,1,6-9H2,2-4H3,(H2,21,22,23,25)/t10-,11-,12-,14+,16-,20-/m0/s1. The van der Waals surface area contributed by atoms with E-state index in [1.165, 1.54) is 4.88 Å². The van der Waals surface area contributed by atoms with Gasteiger partial charge in [-0.1, -0.05) is 26.8 Å². The zero-order chi connectivity index (χ0) is 19.3. The zero-order valence-corrected chi connectivity index (χ0v) is 16.9. The number of esters is 1. The van der Waals surface area contributed by atoms with Crippen molar-refractivity contribution in [1.82, 2.24) is 10.3 Å². The van der Waals surface area contributed by atoms with Crippen LogP contribution in [0.5, 0.6) is 0 Å². The van der Waals surface area contributed by atoms with E-state index in [-0.39, 0.29) is 41.3 Å². The maximum absolute atomic E-state index is 12.2. The average molecular weight is 390 g/mol. The van der Waals surface area contributed by atoms with Gasteiger partial charge in [0.25, 0.3) is 0 Å². The predicted octanol–water partition coefficient (Wildman–Crippen LogP) is 3.70. The van der Waals surface area contributed by atoms with Gasteiger partial charge in [0.1, 0.15) is 6.10 Å². The number of hydrogen-bond donors (Lipinski definition) is 2. The van der Waals surface area contributed by atoms with Crippen molar-refractivity contribution in [1.29, 1.82) is 0 Å². The molecule has 2 N–H and O–H groups in total. The van der Waals surface area contributed by atoms with E-state index in [0.717, 1.165) is 25.0 Å². The van der Waals surface area contributed by atoms with Crippen molar-refractivity contribution < 1.29 is 14.3 Å². The maximum atomic E-state index is 12.2. The minimum Gasteiger partial charge on any atom is -0.461 e. The third-order valence-corrected chi connectivity index (χ3v) is 7.77. The van der Waals surface area contributed by atoms with Gasteiger partial charge in [-0.25, -0.2) is 9.78 Å². The Morgan fingerprint density at radius 3 is 2.96 bits per heavy atom. The molecule has 27 heavy (non-hydrogen) atoms. The van der Waals surface area contributed by atoms with Crippen LogP contribution in [-0.4, -0.2) is 29.6 Å². The summed E-state index contributed by atoms with van der Waals surface area (Å²) in [6.07, 6.45) is 4.70. The van der Waals surface area contributed by atoms with Crippen LogP contribution >= 0.6 is 11.3 Å². The molecule has 6 nitrogen and oxygen atoms in total. The van der Waals surface area contributed by atoms with Gasteiger partial charge in [0.15, 0.2) is 5.13 Å². The van der Waals surface area contributed by atoms with Crippen LogP contribution in [-0.2, 0) is 16.0 Å². The van der Waals surface area contributed by atoms with E-state index >= 15 is 0 Å². The van der Waals surface area contributed by atoms with Gasteiger partial charge in [-0.3, -0.25) is 10.1 Å². The number of carbonyl (C=O) groups is 2. The first kappa shape index (κ1) is 18.5. The first-order chi connectivity index (χ1) is 12.8. The van der Waals surface area contributed by atoms with E-state index in [4.69, 9.17) is 9.72 Å².